The van der Waals surface area contributed by atoms with Gasteiger partial charge in [0.05, 0.1) is 19.3 Å². The summed E-state index contributed by atoms with van der Waals surface area (Å²) < 4.78 is 8.61. The maximum absolute atomic E-state index is 13.3. The highest BCUT2D eigenvalue weighted by molar-refractivity contribution is 5.86. The van der Waals surface area contributed by atoms with Crippen molar-refractivity contribution in [3.63, 3.8) is 0 Å². The summed E-state index contributed by atoms with van der Waals surface area (Å²) in [6.07, 6.45) is 0. The van der Waals surface area contributed by atoms with Crippen molar-refractivity contribution in [3.05, 3.63) is 40.8 Å². The molecule has 1 aliphatic rings. The van der Waals surface area contributed by atoms with Gasteiger partial charge >= 0.3 is 11.7 Å². The van der Waals surface area contributed by atoms with Gasteiger partial charge in [0.15, 0.2) is 11.5 Å². The minimum absolute atomic E-state index is 0.192. The summed E-state index contributed by atoms with van der Waals surface area (Å²) in [5, 5.41) is 3.34. The molecule has 0 spiro atoms. The van der Waals surface area contributed by atoms with Gasteiger partial charge in [-0.05, 0) is 19.1 Å². The number of hydrogen-bond donors (Lipinski definition) is 1. The molecule has 1 fully saturated rings. The molecule has 1 N–H and O–H groups in total. The van der Waals surface area contributed by atoms with Crippen LogP contribution in [0.15, 0.2) is 35.1 Å². The molecule has 1 aromatic carbocycles. The summed E-state index contributed by atoms with van der Waals surface area (Å²) >= 11 is 0. The third-order valence-electron chi connectivity index (χ3n) is 4.76. The Kier molecular flexibility index (Phi) is 5.00. The average Bonchev–Trinajstić information content (AvgIpc) is 3.03. The van der Waals surface area contributed by atoms with Crippen LogP contribution >= 0.6 is 0 Å². The number of benzene rings is 1. The Morgan fingerprint density at radius 3 is 2.61 bits per heavy atom. The summed E-state index contributed by atoms with van der Waals surface area (Å²) in [7, 11) is 1.53. The number of hydrogen-bond acceptors (Lipinski definition) is 6. The molecule has 2 aromatic heterocycles. The number of imidazole rings is 1. The largest absolute Gasteiger partial charge is 0.467 e. The van der Waals surface area contributed by atoms with Gasteiger partial charge in [0.2, 0.25) is 0 Å². The maximum Gasteiger partial charge on any atom is 0.335 e. The molecular weight excluding hydrogens is 356 g/mol. The SMILES string of the molecule is CC#CCn1c(=O)n(-c2ccccc2)c2nc(OC)nc(N3CCNCC3)c21. The van der Waals surface area contributed by atoms with Gasteiger partial charge in [0.25, 0.3) is 0 Å². The summed E-state index contributed by atoms with van der Waals surface area (Å²) in [6.45, 7) is 5.33. The molecule has 8 nitrogen and oxygen atoms in total. The second-order valence-electron chi connectivity index (χ2n) is 6.41. The van der Waals surface area contributed by atoms with E-state index in [-0.39, 0.29) is 18.2 Å². The number of nitrogens with zero attached hydrogens (tertiary/aromatic N) is 5. The molecule has 0 amide bonds. The zero-order chi connectivity index (χ0) is 19.5. The molecule has 3 aromatic rings. The number of piperazine rings is 1. The number of anilines is 1. The fraction of sp³-hybridized carbons (Fsp3) is 0.350. The lowest BCUT2D eigenvalue weighted by atomic mass is 10.3. The van der Waals surface area contributed by atoms with E-state index >= 15 is 0 Å². The number of para-hydroxylation sites is 1. The molecule has 0 radical (unpaired) electrons. The predicted molar refractivity (Wildman–Crippen MR) is 108 cm³/mol. The first-order valence-electron chi connectivity index (χ1n) is 9.22. The van der Waals surface area contributed by atoms with Crippen molar-refractivity contribution in [2.75, 3.05) is 38.2 Å². The fourth-order valence-electron chi connectivity index (χ4n) is 3.42. The van der Waals surface area contributed by atoms with E-state index < -0.39 is 0 Å². The van der Waals surface area contributed by atoms with Crippen LogP contribution in [0.1, 0.15) is 6.92 Å². The molecule has 1 saturated heterocycles. The first kappa shape index (κ1) is 18.1. The highest BCUT2D eigenvalue weighted by Gasteiger charge is 2.25. The topological polar surface area (TPSA) is 77.2 Å². The van der Waals surface area contributed by atoms with Crippen molar-refractivity contribution in [1.82, 2.24) is 24.4 Å². The molecule has 0 atom stereocenters. The average molecular weight is 378 g/mol. The van der Waals surface area contributed by atoms with E-state index in [1.165, 1.54) is 7.11 Å². The van der Waals surface area contributed by atoms with Crippen molar-refractivity contribution in [3.8, 4) is 23.5 Å². The first-order chi connectivity index (χ1) is 13.7. The number of ether oxygens (including phenoxy) is 1. The van der Waals surface area contributed by atoms with Gasteiger partial charge < -0.3 is 15.0 Å². The lowest BCUT2D eigenvalue weighted by molar-refractivity contribution is 0.381. The molecule has 8 heteroatoms. The molecule has 144 valence electrons. The second kappa shape index (κ2) is 7.74. The number of aromatic nitrogens is 4. The Balaban J connectivity index is 2.06. The van der Waals surface area contributed by atoms with Crippen molar-refractivity contribution in [2.24, 2.45) is 0 Å². The zero-order valence-electron chi connectivity index (χ0n) is 16.0. The fourth-order valence-corrected chi connectivity index (χ4v) is 3.42. The van der Waals surface area contributed by atoms with Crippen LogP contribution in [0.4, 0.5) is 5.82 Å². The standard InChI is InChI=1S/C20H22N6O2/c1-3-4-12-25-16-17(24-13-10-21-11-14-24)22-19(28-2)23-18(16)26(20(25)27)15-8-6-5-7-9-15/h5-9,21H,10-14H2,1-2H3. The Morgan fingerprint density at radius 1 is 1.18 bits per heavy atom. The van der Waals surface area contributed by atoms with E-state index in [9.17, 15) is 4.79 Å². The van der Waals surface area contributed by atoms with Crippen LogP contribution in [-0.2, 0) is 6.54 Å². The third-order valence-corrected chi connectivity index (χ3v) is 4.76. The van der Waals surface area contributed by atoms with Gasteiger partial charge in [-0.1, -0.05) is 24.1 Å². The zero-order valence-corrected chi connectivity index (χ0v) is 16.0. The Hall–Kier alpha value is -3.31. The summed E-state index contributed by atoms with van der Waals surface area (Å²) in [5.74, 6) is 6.58. The molecule has 1 aliphatic heterocycles. The van der Waals surface area contributed by atoms with Gasteiger partial charge in [-0.2, -0.15) is 9.97 Å². The highest BCUT2D eigenvalue weighted by atomic mass is 16.5. The number of nitrogens with one attached hydrogen (secondary N) is 1. The van der Waals surface area contributed by atoms with E-state index in [4.69, 9.17) is 4.74 Å². The van der Waals surface area contributed by atoms with E-state index in [1.807, 2.05) is 30.3 Å². The van der Waals surface area contributed by atoms with E-state index in [0.717, 1.165) is 31.9 Å². The van der Waals surface area contributed by atoms with Crippen LogP contribution in [-0.4, -0.2) is 52.4 Å². The number of fused-ring (bicyclic) bond motifs is 1. The molecule has 3 heterocycles. The number of rotatable bonds is 4. The first-order valence-corrected chi connectivity index (χ1v) is 9.22. The van der Waals surface area contributed by atoms with E-state index in [1.54, 1.807) is 16.1 Å². The Bertz CT molecular complexity index is 1100. The molecule has 0 unspecified atom stereocenters. The molecule has 28 heavy (non-hydrogen) atoms. The van der Waals surface area contributed by atoms with Crippen molar-refractivity contribution >= 4 is 17.0 Å². The minimum Gasteiger partial charge on any atom is -0.467 e. The Labute approximate surface area is 162 Å². The third kappa shape index (κ3) is 3.10. The summed E-state index contributed by atoms with van der Waals surface area (Å²) in [5.41, 5.74) is 1.75. The van der Waals surface area contributed by atoms with Crippen LogP contribution in [0.5, 0.6) is 6.01 Å². The highest BCUT2D eigenvalue weighted by Crippen LogP contribution is 2.27. The number of methoxy groups -OCH3 is 1. The van der Waals surface area contributed by atoms with Gasteiger partial charge in [0, 0.05) is 26.2 Å². The lowest BCUT2D eigenvalue weighted by Gasteiger charge is -2.29. The quantitative estimate of drug-likeness (QED) is 0.683. The Morgan fingerprint density at radius 2 is 1.93 bits per heavy atom. The minimum atomic E-state index is -0.192. The van der Waals surface area contributed by atoms with Crippen LogP contribution in [0.2, 0.25) is 0 Å². The van der Waals surface area contributed by atoms with Gasteiger partial charge in [-0.15, -0.1) is 5.92 Å². The molecule has 0 saturated carbocycles. The van der Waals surface area contributed by atoms with Crippen LogP contribution < -0.4 is 20.6 Å². The van der Waals surface area contributed by atoms with E-state index in [2.05, 4.69) is 32.0 Å². The van der Waals surface area contributed by atoms with Crippen LogP contribution in [0.25, 0.3) is 16.9 Å². The summed E-state index contributed by atoms with van der Waals surface area (Å²) in [4.78, 5) is 24.6. The van der Waals surface area contributed by atoms with Crippen molar-refractivity contribution in [1.29, 1.82) is 0 Å². The normalized spacial score (nSPS) is 14.0. The predicted octanol–water partition coefficient (Wildman–Crippen LogP) is 1.02. The smallest absolute Gasteiger partial charge is 0.335 e. The maximum atomic E-state index is 13.3. The van der Waals surface area contributed by atoms with Crippen LogP contribution in [0, 0.1) is 11.8 Å². The molecule has 4 rings (SSSR count). The molecule has 0 aliphatic carbocycles. The summed E-state index contributed by atoms with van der Waals surface area (Å²) in [6, 6.07) is 9.71. The second-order valence-corrected chi connectivity index (χ2v) is 6.41. The lowest BCUT2D eigenvalue weighted by Crippen LogP contribution is -2.44. The van der Waals surface area contributed by atoms with Crippen molar-refractivity contribution < 1.29 is 4.74 Å². The van der Waals surface area contributed by atoms with E-state index in [0.29, 0.717) is 17.0 Å². The molecular formula is C20H22N6O2. The van der Waals surface area contributed by atoms with Crippen LogP contribution in [0.3, 0.4) is 0 Å². The monoisotopic (exact) mass is 378 g/mol. The van der Waals surface area contributed by atoms with Gasteiger partial charge in [0.1, 0.15) is 5.52 Å². The van der Waals surface area contributed by atoms with Crippen molar-refractivity contribution in [2.45, 2.75) is 13.5 Å². The van der Waals surface area contributed by atoms with Gasteiger partial charge in [-0.25, -0.2) is 9.36 Å². The molecule has 0 bridgehead atoms. The van der Waals surface area contributed by atoms with Gasteiger partial charge in [-0.3, -0.25) is 4.57 Å².